The van der Waals surface area contributed by atoms with Crippen LogP contribution < -0.4 is 16.4 Å². The Balaban J connectivity index is 1.69. The molecule has 2 N–H and O–H groups in total. The number of pyridine rings is 2. The fraction of sp³-hybridized carbons (Fsp3) is 0.455. The van der Waals surface area contributed by atoms with Gasteiger partial charge in [0.2, 0.25) is 0 Å². The highest BCUT2D eigenvalue weighted by Gasteiger charge is 2.24. The third-order valence-electron chi connectivity index (χ3n) is 6.16. The first-order valence-corrected chi connectivity index (χ1v) is 10.6. The van der Waals surface area contributed by atoms with Gasteiger partial charge < -0.3 is 14.6 Å². The Hall–Kier alpha value is -3.00. The minimum Gasteiger partial charge on any atom is -0.376 e. The highest BCUT2D eigenvalue weighted by molar-refractivity contribution is 5.97. The molecule has 0 aromatic carbocycles. The number of amides is 1. The molecule has 0 bridgehead atoms. The Morgan fingerprint density at radius 1 is 1.23 bits per heavy atom. The summed E-state index contributed by atoms with van der Waals surface area (Å²) in [4.78, 5) is 30.9. The number of carbonyl (C=O) groups excluding carboxylic acids is 1. The predicted octanol–water partition coefficient (Wildman–Crippen LogP) is 1.98. The molecule has 0 radical (unpaired) electrons. The highest BCUT2D eigenvalue weighted by Crippen LogP contribution is 2.19. The van der Waals surface area contributed by atoms with Crippen molar-refractivity contribution >= 4 is 22.6 Å². The van der Waals surface area contributed by atoms with Crippen molar-refractivity contribution in [3.05, 3.63) is 51.9 Å². The van der Waals surface area contributed by atoms with E-state index in [0.29, 0.717) is 29.8 Å². The standard InChI is InChI=1S/C22H25N5O3/c23-19-16(21(28)24-14-6-1-2-7-14)12-17-20(27(19)13-15-8-5-11-30-15)25-18-9-3-4-10-26(18)22(17)29/h3-4,9-10,12,14-15,23H,1-2,5-8,11,13H2,(H,24,28)/t15-/m1/s1. The second-order valence-electron chi connectivity index (χ2n) is 8.19. The van der Waals surface area contributed by atoms with Crippen LogP contribution in [0.15, 0.2) is 35.3 Å². The Kier molecular flexibility index (Phi) is 4.86. The summed E-state index contributed by atoms with van der Waals surface area (Å²) in [5, 5.41) is 12.2. The summed E-state index contributed by atoms with van der Waals surface area (Å²) < 4.78 is 8.91. The summed E-state index contributed by atoms with van der Waals surface area (Å²) in [6.45, 7) is 1.09. The molecule has 156 valence electrons. The van der Waals surface area contributed by atoms with Gasteiger partial charge in [0, 0.05) is 18.8 Å². The summed E-state index contributed by atoms with van der Waals surface area (Å²) in [5.41, 5.74) is 0.970. The molecule has 2 aliphatic rings. The molecule has 8 heteroatoms. The molecule has 1 aliphatic carbocycles. The zero-order valence-electron chi connectivity index (χ0n) is 16.8. The van der Waals surface area contributed by atoms with Crippen molar-refractivity contribution in [2.75, 3.05) is 6.61 Å². The summed E-state index contributed by atoms with van der Waals surface area (Å²) in [6.07, 6.45) is 7.60. The topological polar surface area (TPSA) is 101 Å². The molecule has 1 saturated heterocycles. The van der Waals surface area contributed by atoms with Gasteiger partial charge in [-0.25, -0.2) is 4.98 Å². The van der Waals surface area contributed by atoms with Crippen LogP contribution >= 0.6 is 0 Å². The first-order valence-electron chi connectivity index (χ1n) is 10.6. The van der Waals surface area contributed by atoms with Crippen molar-refractivity contribution in [2.24, 2.45) is 0 Å². The van der Waals surface area contributed by atoms with Gasteiger partial charge in [0.15, 0.2) is 0 Å². The number of hydrogen-bond donors (Lipinski definition) is 2. The molecular formula is C22H25N5O3. The molecular weight excluding hydrogens is 382 g/mol. The monoisotopic (exact) mass is 407 g/mol. The molecule has 4 heterocycles. The number of aromatic nitrogens is 3. The largest absolute Gasteiger partial charge is 0.376 e. The summed E-state index contributed by atoms with van der Waals surface area (Å²) >= 11 is 0. The number of nitrogens with zero attached hydrogens (tertiary/aromatic N) is 3. The van der Waals surface area contributed by atoms with Crippen LogP contribution in [0.25, 0.3) is 16.7 Å². The van der Waals surface area contributed by atoms with E-state index in [4.69, 9.17) is 10.1 Å². The van der Waals surface area contributed by atoms with E-state index in [2.05, 4.69) is 10.3 Å². The van der Waals surface area contributed by atoms with Gasteiger partial charge in [0.25, 0.3) is 11.5 Å². The third kappa shape index (κ3) is 3.31. The van der Waals surface area contributed by atoms with Crippen molar-refractivity contribution in [3.63, 3.8) is 0 Å². The number of nitrogens with one attached hydrogen (secondary N) is 2. The molecule has 1 amide bonds. The molecule has 5 rings (SSSR count). The molecule has 0 unspecified atom stereocenters. The van der Waals surface area contributed by atoms with Crippen LogP contribution in [0.2, 0.25) is 0 Å². The zero-order chi connectivity index (χ0) is 20.7. The molecule has 1 atom stereocenters. The maximum Gasteiger partial charge on any atom is 0.267 e. The van der Waals surface area contributed by atoms with E-state index in [1.165, 1.54) is 10.5 Å². The quantitative estimate of drug-likeness (QED) is 0.646. The van der Waals surface area contributed by atoms with Crippen LogP contribution in [-0.2, 0) is 11.3 Å². The minimum absolute atomic E-state index is 0.0496. The zero-order valence-corrected chi connectivity index (χ0v) is 16.8. The van der Waals surface area contributed by atoms with Crippen LogP contribution in [0, 0.1) is 5.41 Å². The second-order valence-corrected chi connectivity index (χ2v) is 8.19. The van der Waals surface area contributed by atoms with Crippen molar-refractivity contribution in [1.82, 2.24) is 19.3 Å². The summed E-state index contributed by atoms with van der Waals surface area (Å²) in [6, 6.07) is 7.03. The molecule has 30 heavy (non-hydrogen) atoms. The van der Waals surface area contributed by atoms with E-state index >= 15 is 0 Å². The maximum absolute atomic E-state index is 13.2. The smallest absolute Gasteiger partial charge is 0.267 e. The average Bonchev–Trinajstić information content (AvgIpc) is 3.44. The van der Waals surface area contributed by atoms with Gasteiger partial charge in [0.1, 0.15) is 16.8 Å². The number of hydrogen-bond acceptors (Lipinski definition) is 5. The first kappa shape index (κ1) is 19.0. The molecule has 3 aromatic heterocycles. The summed E-state index contributed by atoms with van der Waals surface area (Å²) in [7, 11) is 0. The van der Waals surface area contributed by atoms with Crippen molar-refractivity contribution in [2.45, 2.75) is 57.2 Å². The van der Waals surface area contributed by atoms with Crippen LogP contribution in [0.4, 0.5) is 0 Å². The average molecular weight is 407 g/mol. The van der Waals surface area contributed by atoms with E-state index in [0.717, 1.165) is 38.5 Å². The number of fused-ring (bicyclic) bond motifs is 2. The minimum atomic E-state index is -0.299. The van der Waals surface area contributed by atoms with E-state index in [1.54, 1.807) is 22.9 Å². The van der Waals surface area contributed by atoms with E-state index in [1.807, 2.05) is 6.07 Å². The number of carbonyl (C=O) groups is 1. The fourth-order valence-corrected chi connectivity index (χ4v) is 4.56. The van der Waals surface area contributed by atoms with Gasteiger partial charge in [-0.15, -0.1) is 0 Å². The van der Waals surface area contributed by atoms with Gasteiger partial charge in [-0.3, -0.25) is 19.4 Å². The van der Waals surface area contributed by atoms with Crippen molar-refractivity contribution in [1.29, 1.82) is 5.41 Å². The molecule has 8 nitrogen and oxygen atoms in total. The Bertz CT molecular complexity index is 1230. The normalized spacial score (nSPS) is 19.7. The molecule has 1 aliphatic heterocycles. The lowest BCUT2D eigenvalue weighted by Crippen LogP contribution is -2.39. The van der Waals surface area contributed by atoms with Crippen LogP contribution in [0.1, 0.15) is 48.9 Å². The second kappa shape index (κ2) is 7.68. The lowest BCUT2D eigenvalue weighted by Gasteiger charge is -2.18. The summed E-state index contributed by atoms with van der Waals surface area (Å²) in [5.74, 6) is -0.299. The Morgan fingerprint density at radius 2 is 2.07 bits per heavy atom. The number of ether oxygens (including phenoxy) is 1. The van der Waals surface area contributed by atoms with E-state index in [9.17, 15) is 9.59 Å². The SMILES string of the molecule is N=c1c(C(=O)NC2CCCC2)cc2c(=O)n3ccccc3nc2n1C[C@H]1CCCO1. The molecule has 2 fully saturated rings. The number of rotatable bonds is 4. The molecule has 0 spiro atoms. The Labute approximate surface area is 173 Å². The van der Waals surface area contributed by atoms with Gasteiger partial charge in [-0.05, 0) is 43.9 Å². The van der Waals surface area contributed by atoms with E-state index < -0.39 is 0 Å². The molecule has 1 saturated carbocycles. The third-order valence-corrected chi connectivity index (χ3v) is 6.16. The molecule has 3 aromatic rings. The Morgan fingerprint density at radius 3 is 2.83 bits per heavy atom. The van der Waals surface area contributed by atoms with E-state index in [-0.39, 0.29) is 34.7 Å². The van der Waals surface area contributed by atoms with Crippen LogP contribution in [-0.4, -0.2) is 38.6 Å². The van der Waals surface area contributed by atoms with Crippen molar-refractivity contribution in [3.8, 4) is 0 Å². The fourth-order valence-electron chi connectivity index (χ4n) is 4.56. The lowest BCUT2D eigenvalue weighted by atomic mass is 10.1. The van der Waals surface area contributed by atoms with Crippen molar-refractivity contribution < 1.29 is 9.53 Å². The lowest BCUT2D eigenvalue weighted by molar-refractivity contribution is 0.0921. The maximum atomic E-state index is 13.2. The van der Waals surface area contributed by atoms with Gasteiger partial charge in [-0.2, -0.15) is 0 Å². The van der Waals surface area contributed by atoms with Crippen LogP contribution in [0.5, 0.6) is 0 Å². The first-order chi connectivity index (χ1) is 14.6. The predicted molar refractivity (Wildman–Crippen MR) is 112 cm³/mol. The van der Waals surface area contributed by atoms with Gasteiger partial charge >= 0.3 is 0 Å². The van der Waals surface area contributed by atoms with Gasteiger partial charge in [0.05, 0.1) is 23.6 Å². The van der Waals surface area contributed by atoms with Gasteiger partial charge in [-0.1, -0.05) is 18.9 Å². The highest BCUT2D eigenvalue weighted by atomic mass is 16.5. The van der Waals surface area contributed by atoms with Crippen LogP contribution in [0.3, 0.4) is 0 Å².